The number of hydrogen-bond acceptors (Lipinski definition) is 4. The van der Waals surface area contributed by atoms with E-state index >= 15 is 0 Å². The van der Waals surface area contributed by atoms with Crippen LogP contribution in [0.3, 0.4) is 0 Å². The summed E-state index contributed by atoms with van der Waals surface area (Å²) in [5, 5.41) is 2.79. The van der Waals surface area contributed by atoms with E-state index in [1.165, 1.54) is 6.92 Å². The summed E-state index contributed by atoms with van der Waals surface area (Å²) >= 11 is 4.01. The number of ketones is 2. The number of terminal acetylenes is 1. The average molecular weight is 330 g/mol. The third-order valence-electron chi connectivity index (χ3n) is 2.32. The fourth-order valence-electron chi connectivity index (χ4n) is 1.26. The van der Waals surface area contributed by atoms with Gasteiger partial charge in [-0.15, -0.1) is 6.42 Å². The predicted molar refractivity (Wildman–Crippen MR) is 96.0 cm³/mol. The lowest BCUT2D eigenvalue weighted by molar-refractivity contribution is -0.123. The second-order valence-corrected chi connectivity index (χ2v) is 4.94. The van der Waals surface area contributed by atoms with Gasteiger partial charge < -0.3 is 10.1 Å². The first kappa shape index (κ1) is 25.7. The molecule has 0 aliphatic heterocycles. The van der Waals surface area contributed by atoms with Crippen LogP contribution in [0, 0.1) is 18.3 Å². The van der Waals surface area contributed by atoms with E-state index in [4.69, 9.17) is 6.42 Å². The Morgan fingerprint density at radius 2 is 1.82 bits per heavy atom. The summed E-state index contributed by atoms with van der Waals surface area (Å²) < 4.78 is 0. The molecule has 0 heterocycles. The highest BCUT2D eigenvalue weighted by Crippen LogP contribution is 2.02. The summed E-state index contributed by atoms with van der Waals surface area (Å²) in [6.45, 7) is 9.94. The summed E-state index contributed by atoms with van der Waals surface area (Å²) in [6.07, 6.45) is 7.59. The molecule has 0 aliphatic carbocycles. The minimum atomic E-state index is -0.317. The Labute approximate surface area is 141 Å². The van der Waals surface area contributed by atoms with E-state index in [2.05, 4.69) is 17.9 Å². The van der Waals surface area contributed by atoms with E-state index in [0.29, 0.717) is 6.42 Å². The molecule has 0 aliphatic rings. The van der Waals surface area contributed by atoms with Gasteiger partial charge >= 0.3 is 0 Å². The highest BCUT2D eigenvalue weighted by Gasteiger charge is 2.11. The molecule has 0 radical (unpaired) electrons. The molecule has 0 rings (SSSR count). The smallest absolute Gasteiger partial charge is 0.220 e. The first-order valence-electron chi connectivity index (χ1n) is 7.76. The Morgan fingerprint density at radius 1 is 1.27 bits per heavy atom. The van der Waals surface area contributed by atoms with Crippen molar-refractivity contribution in [2.75, 3.05) is 12.3 Å². The molecule has 1 unspecified atom stereocenters. The molecule has 0 spiro atoms. The molecule has 0 fully saturated rings. The van der Waals surface area contributed by atoms with Crippen molar-refractivity contribution in [3.63, 3.8) is 0 Å². The molecule has 1 N–H and O–H groups in total. The molecule has 0 saturated carbocycles. The Morgan fingerprint density at radius 3 is 2.18 bits per heavy atom. The molecular weight excluding hydrogens is 298 g/mol. The Hall–Kier alpha value is -1.28. The normalized spacial score (nSPS) is 9.86. The van der Waals surface area contributed by atoms with Crippen LogP contribution >= 0.6 is 12.6 Å². The van der Waals surface area contributed by atoms with Crippen molar-refractivity contribution in [2.24, 2.45) is 5.92 Å². The molecular formula is C17H31NO3S. The molecule has 0 saturated heterocycles. The number of Topliss-reactive ketones (excluding diaryl/α,β-unsaturated/α-hetero) is 2. The van der Waals surface area contributed by atoms with Crippen molar-refractivity contribution >= 4 is 30.1 Å². The van der Waals surface area contributed by atoms with Gasteiger partial charge in [0.2, 0.25) is 11.7 Å². The third-order valence-corrected chi connectivity index (χ3v) is 2.63. The Balaban J connectivity index is -0.000000294. The van der Waals surface area contributed by atoms with Crippen LogP contribution in [-0.4, -0.2) is 29.8 Å². The van der Waals surface area contributed by atoms with Gasteiger partial charge in [-0.25, -0.2) is 0 Å². The van der Waals surface area contributed by atoms with E-state index in [0.717, 1.165) is 25.1 Å². The monoisotopic (exact) mass is 329 g/mol. The SMILES string of the molecule is C#CC(=O)C(C)CC(C)=O.CC.CCCNC(=O)CCCS. The predicted octanol–water partition coefficient (Wildman–Crippen LogP) is 3.05. The zero-order valence-corrected chi connectivity index (χ0v) is 15.5. The van der Waals surface area contributed by atoms with Gasteiger partial charge in [0, 0.05) is 25.3 Å². The fourth-order valence-corrected chi connectivity index (χ4v) is 1.42. The molecule has 0 bridgehead atoms. The van der Waals surface area contributed by atoms with Crippen LogP contribution in [0.4, 0.5) is 0 Å². The van der Waals surface area contributed by atoms with E-state index in [9.17, 15) is 14.4 Å². The zero-order chi connectivity index (χ0) is 18.0. The van der Waals surface area contributed by atoms with Gasteiger partial charge in [-0.05, 0) is 31.4 Å². The molecule has 0 aromatic heterocycles. The Kier molecular flexibility index (Phi) is 23.0. The minimum Gasteiger partial charge on any atom is -0.356 e. The van der Waals surface area contributed by atoms with Gasteiger partial charge in [0.15, 0.2) is 0 Å². The van der Waals surface area contributed by atoms with Crippen LogP contribution in [0.15, 0.2) is 0 Å². The number of thiol groups is 1. The molecule has 22 heavy (non-hydrogen) atoms. The maximum atomic E-state index is 10.8. The molecule has 4 nitrogen and oxygen atoms in total. The highest BCUT2D eigenvalue weighted by molar-refractivity contribution is 7.80. The van der Waals surface area contributed by atoms with E-state index in [1.54, 1.807) is 6.92 Å². The van der Waals surface area contributed by atoms with Crippen molar-refractivity contribution in [3.8, 4) is 12.3 Å². The first-order valence-corrected chi connectivity index (χ1v) is 8.39. The maximum absolute atomic E-state index is 10.8. The standard InChI is InChI=1S/C8H10O2.C7H15NOS.C2H6/c1-4-8(10)6(2)5-7(3)9;1-2-5-8-7(9)4-3-6-10;1-2/h1,6H,5H2,2-3H3;10H,2-6H2,1H3,(H,8,9);1-2H3. The second kappa shape index (κ2) is 19.7. The number of carbonyl (C=O) groups is 3. The molecule has 0 aromatic carbocycles. The van der Waals surface area contributed by atoms with Crippen LogP contribution in [-0.2, 0) is 14.4 Å². The van der Waals surface area contributed by atoms with Crippen LogP contribution in [0.5, 0.6) is 0 Å². The van der Waals surface area contributed by atoms with Gasteiger partial charge in [0.05, 0.1) is 0 Å². The lowest BCUT2D eigenvalue weighted by atomic mass is 10.0. The van der Waals surface area contributed by atoms with Gasteiger partial charge in [-0.1, -0.05) is 27.7 Å². The van der Waals surface area contributed by atoms with Crippen LogP contribution in [0.25, 0.3) is 0 Å². The summed E-state index contributed by atoms with van der Waals surface area (Å²) in [5.74, 6) is 2.30. The highest BCUT2D eigenvalue weighted by atomic mass is 32.1. The number of carbonyl (C=O) groups excluding carboxylic acids is 3. The van der Waals surface area contributed by atoms with Gasteiger partial charge in [0.25, 0.3) is 0 Å². The Bertz CT molecular complexity index is 338. The summed E-state index contributed by atoms with van der Waals surface area (Å²) in [5.41, 5.74) is 0. The maximum Gasteiger partial charge on any atom is 0.220 e. The average Bonchev–Trinajstić information content (AvgIpc) is 2.51. The summed E-state index contributed by atoms with van der Waals surface area (Å²) in [6, 6.07) is 0. The molecule has 0 aromatic rings. The summed E-state index contributed by atoms with van der Waals surface area (Å²) in [7, 11) is 0. The topological polar surface area (TPSA) is 63.2 Å². The van der Waals surface area contributed by atoms with Gasteiger partial charge in [0.1, 0.15) is 5.78 Å². The molecule has 1 atom stereocenters. The van der Waals surface area contributed by atoms with Crippen molar-refractivity contribution < 1.29 is 14.4 Å². The summed E-state index contributed by atoms with van der Waals surface area (Å²) in [4.78, 5) is 31.9. The van der Waals surface area contributed by atoms with Gasteiger partial charge in [-0.3, -0.25) is 9.59 Å². The van der Waals surface area contributed by atoms with Crippen molar-refractivity contribution in [2.45, 2.75) is 60.3 Å². The van der Waals surface area contributed by atoms with Gasteiger partial charge in [-0.2, -0.15) is 12.6 Å². The number of hydrogen-bond donors (Lipinski definition) is 2. The van der Waals surface area contributed by atoms with Crippen molar-refractivity contribution in [1.29, 1.82) is 0 Å². The van der Waals surface area contributed by atoms with E-state index in [-0.39, 0.29) is 29.8 Å². The van der Waals surface area contributed by atoms with Crippen LogP contribution in [0.1, 0.15) is 60.3 Å². The largest absolute Gasteiger partial charge is 0.356 e. The van der Waals surface area contributed by atoms with E-state index < -0.39 is 0 Å². The van der Waals surface area contributed by atoms with Crippen molar-refractivity contribution in [1.82, 2.24) is 5.32 Å². The fraction of sp³-hybridized carbons (Fsp3) is 0.706. The lowest BCUT2D eigenvalue weighted by Gasteiger charge is -2.00. The minimum absolute atomic E-state index is 0.00361. The van der Waals surface area contributed by atoms with E-state index in [1.807, 2.05) is 26.7 Å². The molecule has 1 amide bonds. The van der Waals surface area contributed by atoms with Crippen LogP contribution < -0.4 is 5.32 Å². The quantitative estimate of drug-likeness (QED) is 0.409. The molecule has 5 heteroatoms. The first-order chi connectivity index (χ1) is 10.4. The number of amides is 1. The zero-order valence-electron chi connectivity index (χ0n) is 14.6. The lowest BCUT2D eigenvalue weighted by Crippen LogP contribution is -2.23. The third kappa shape index (κ3) is 21.0. The van der Waals surface area contributed by atoms with Crippen molar-refractivity contribution in [3.05, 3.63) is 0 Å². The number of rotatable bonds is 8. The van der Waals surface area contributed by atoms with Crippen LogP contribution in [0.2, 0.25) is 0 Å². The number of nitrogens with one attached hydrogen (secondary N) is 1. The second-order valence-electron chi connectivity index (χ2n) is 4.49. The molecule has 128 valence electrons.